The van der Waals surface area contributed by atoms with Gasteiger partial charge in [0.15, 0.2) is 6.61 Å². The molecule has 0 bridgehead atoms. The number of aryl methyl sites for hydroxylation is 1. The van der Waals surface area contributed by atoms with Crippen molar-refractivity contribution >= 4 is 18.3 Å². The molecule has 2 aliphatic rings. The number of carbonyl (C=O) groups excluding carboxylic acids is 1. The van der Waals surface area contributed by atoms with Gasteiger partial charge in [0.1, 0.15) is 5.75 Å². The molecule has 2 aliphatic heterocycles. The predicted octanol–water partition coefficient (Wildman–Crippen LogP) is 2.59. The molecule has 0 atom stereocenters. The molecule has 3 heterocycles. The number of ether oxygens (including phenoxy) is 1. The molecule has 8 heteroatoms. The predicted molar refractivity (Wildman–Crippen MR) is 102 cm³/mol. The number of likely N-dealkylation sites (tertiary alicyclic amines) is 1. The van der Waals surface area contributed by atoms with Crippen LogP contribution in [0.5, 0.6) is 5.75 Å². The SMILES string of the molecule is Cc1nc(COc2ccccc2C(=O)N2CCC3(CCNC3)CC2)no1.Cl. The Bertz CT molecular complexity index is 779. The molecule has 0 saturated carbocycles. The van der Waals surface area contributed by atoms with Crippen LogP contribution in [0.4, 0.5) is 0 Å². The van der Waals surface area contributed by atoms with Crippen LogP contribution in [0.2, 0.25) is 0 Å². The number of hydrogen-bond acceptors (Lipinski definition) is 6. The number of amides is 1. The molecule has 4 rings (SSSR count). The van der Waals surface area contributed by atoms with E-state index in [1.54, 1.807) is 6.92 Å². The summed E-state index contributed by atoms with van der Waals surface area (Å²) in [4.78, 5) is 19.1. The lowest BCUT2D eigenvalue weighted by Crippen LogP contribution is -2.44. The number of rotatable bonds is 4. The molecule has 1 spiro atoms. The molecule has 7 nitrogen and oxygen atoms in total. The summed E-state index contributed by atoms with van der Waals surface area (Å²) in [6.45, 7) is 5.70. The number of para-hydroxylation sites is 1. The van der Waals surface area contributed by atoms with Crippen LogP contribution in [0.25, 0.3) is 0 Å². The highest BCUT2D eigenvalue weighted by molar-refractivity contribution is 5.97. The van der Waals surface area contributed by atoms with Crippen LogP contribution in [-0.2, 0) is 6.61 Å². The molecule has 1 aromatic heterocycles. The maximum absolute atomic E-state index is 13.0. The molecule has 0 aliphatic carbocycles. The first-order chi connectivity index (χ1) is 12.7. The number of nitrogens with one attached hydrogen (secondary N) is 1. The number of aromatic nitrogens is 2. The minimum Gasteiger partial charge on any atom is -0.485 e. The molecular formula is C19H25ClN4O3. The first kappa shape index (κ1) is 19.6. The van der Waals surface area contributed by atoms with Crippen LogP contribution in [-0.4, -0.2) is 47.1 Å². The van der Waals surface area contributed by atoms with E-state index in [-0.39, 0.29) is 24.9 Å². The van der Waals surface area contributed by atoms with Gasteiger partial charge in [-0.05, 0) is 43.4 Å². The summed E-state index contributed by atoms with van der Waals surface area (Å²) in [6, 6.07) is 7.36. The highest BCUT2D eigenvalue weighted by atomic mass is 35.5. The maximum atomic E-state index is 13.0. The Kier molecular flexibility index (Phi) is 6.01. The van der Waals surface area contributed by atoms with Gasteiger partial charge < -0.3 is 19.5 Å². The Hall–Kier alpha value is -2.12. The Labute approximate surface area is 164 Å². The van der Waals surface area contributed by atoms with Crippen molar-refractivity contribution < 1.29 is 14.1 Å². The molecular weight excluding hydrogens is 368 g/mol. The number of halogens is 1. The summed E-state index contributed by atoms with van der Waals surface area (Å²) in [6.07, 6.45) is 3.35. The van der Waals surface area contributed by atoms with Gasteiger partial charge in [-0.3, -0.25) is 4.79 Å². The van der Waals surface area contributed by atoms with Gasteiger partial charge in [-0.2, -0.15) is 4.98 Å². The third-order valence-corrected chi connectivity index (χ3v) is 5.49. The Morgan fingerprint density at radius 1 is 1.30 bits per heavy atom. The van der Waals surface area contributed by atoms with Gasteiger partial charge in [0.05, 0.1) is 5.56 Å². The summed E-state index contributed by atoms with van der Waals surface area (Å²) in [5.74, 6) is 1.56. The van der Waals surface area contributed by atoms with Crippen molar-refractivity contribution in [3.05, 3.63) is 41.5 Å². The third-order valence-electron chi connectivity index (χ3n) is 5.49. The molecule has 2 fully saturated rings. The van der Waals surface area contributed by atoms with Crippen molar-refractivity contribution in [2.75, 3.05) is 26.2 Å². The van der Waals surface area contributed by atoms with Crippen LogP contribution in [0.3, 0.4) is 0 Å². The molecule has 0 radical (unpaired) electrons. The molecule has 146 valence electrons. The minimum atomic E-state index is 0. The zero-order valence-corrected chi connectivity index (χ0v) is 16.3. The van der Waals surface area contributed by atoms with Crippen molar-refractivity contribution in [3.63, 3.8) is 0 Å². The summed E-state index contributed by atoms with van der Waals surface area (Å²) < 4.78 is 10.7. The fourth-order valence-electron chi connectivity index (χ4n) is 3.89. The lowest BCUT2D eigenvalue weighted by atomic mass is 9.78. The fraction of sp³-hybridized carbons (Fsp3) is 0.526. The second kappa shape index (κ2) is 8.27. The molecule has 1 amide bonds. The number of carbonyl (C=O) groups is 1. The van der Waals surface area contributed by atoms with Crippen LogP contribution >= 0.6 is 12.4 Å². The molecule has 1 N–H and O–H groups in total. The van der Waals surface area contributed by atoms with E-state index in [1.165, 1.54) is 6.42 Å². The van der Waals surface area contributed by atoms with Gasteiger partial charge in [0.2, 0.25) is 11.7 Å². The minimum absolute atomic E-state index is 0. The van der Waals surface area contributed by atoms with E-state index in [2.05, 4.69) is 15.5 Å². The smallest absolute Gasteiger partial charge is 0.257 e. The molecule has 2 saturated heterocycles. The summed E-state index contributed by atoms with van der Waals surface area (Å²) >= 11 is 0. The number of benzene rings is 1. The van der Waals surface area contributed by atoms with Crippen molar-refractivity contribution in [2.24, 2.45) is 5.41 Å². The fourth-order valence-corrected chi connectivity index (χ4v) is 3.89. The van der Waals surface area contributed by atoms with Gasteiger partial charge in [-0.1, -0.05) is 17.3 Å². The van der Waals surface area contributed by atoms with E-state index in [1.807, 2.05) is 29.2 Å². The highest BCUT2D eigenvalue weighted by Crippen LogP contribution is 2.37. The maximum Gasteiger partial charge on any atom is 0.257 e. The van der Waals surface area contributed by atoms with Gasteiger partial charge in [0.25, 0.3) is 5.91 Å². The lowest BCUT2D eigenvalue weighted by Gasteiger charge is -2.39. The van der Waals surface area contributed by atoms with E-state index < -0.39 is 0 Å². The first-order valence-electron chi connectivity index (χ1n) is 9.16. The molecule has 0 unspecified atom stereocenters. The van der Waals surface area contributed by atoms with Crippen molar-refractivity contribution in [1.82, 2.24) is 20.4 Å². The zero-order valence-electron chi connectivity index (χ0n) is 15.4. The van der Waals surface area contributed by atoms with Gasteiger partial charge in [0, 0.05) is 26.6 Å². The van der Waals surface area contributed by atoms with E-state index in [9.17, 15) is 4.79 Å². The normalized spacial score (nSPS) is 18.3. The Balaban J connectivity index is 0.00000210. The van der Waals surface area contributed by atoms with Crippen LogP contribution in [0.1, 0.15) is 41.3 Å². The van der Waals surface area contributed by atoms with Gasteiger partial charge in [-0.15, -0.1) is 12.4 Å². The number of hydrogen-bond donors (Lipinski definition) is 1. The lowest BCUT2D eigenvalue weighted by molar-refractivity contribution is 0.0603. The van der Waals surface area contributed by atoms with Crippen LogP contribution in [0, 0.1) is 12.3 Å². The Morgan fingerprint density at radius 2 is 2.07 bits per heavy atom. The Morgan fingerprint density at radius 3 is 2.74 bits per heavy atom. The largest absolute Gasteiger partial charge is 0.485 e. The van der Waals surface area contributed by atoms with Crippen molar-refractivity contribution in [1.29, 1.82) is 0 Å². The standard InChI is InChI=1S/C19H24N4O3.ClH/c1-14-21-17(22-26-14)12-25-16-5-3-2-4-15(16)18(24)23-10-7-19(8-11-23)6-9-20-13-19;/h2-5,20H,6-13H2,1H3;1H. The second-order valence-corrected chi connectivity index (χ2v) is 7.23. The second-order valence-electron chi connectivity index (χ2n) is 7.23. The van der Waals surface area contributed by atoms with E-state index in [0.717, 1.165) is 39.0 Å². The monoisotopic (exact) mass is 392 g/mol. The molecule has 2 aromatic rings. The highest BCUT2D eigenvalue weighted by Gasteiger charge is 2.38. The average Bonchev–Trinajstić information content (AvgIpc) is 3.29. The molecule has 27 heavy (non-hydrogen) atoms. The summed E-state index contributed by atoms with van der Waals surface area (Å²) in [5.41, 5.74) is 0.983. The first-order valence-corrected chi connectivity index (χ1v) is 9.16. The summed E-state index contributed by atoms with van der Waals surface area (Å²) in [5, 5.41) is 7.28. The quantitative estimate of drug-likeness (QED) is 0.861. The van der Waals surface area contributed by atoms with E-state index in [4.69, 9.17) is 9.26 Å². The van der Waals surface area contributed by atoms with E-state index >= 15 is 0 Å². The van der Waals surface area contributed by atoms with Crippen LogP contribution < -0.4 is 10.1 Å². The van der Waals surface area contributed by atoms with Gasteiger partial charge >= 0.3 is 0 Å². The zero-order chi connectivity index (χ0) is 18.0. The average molecular weight is 393 g/mol. The van der Waals surface area contributed by atoms with Gasteiger partial charge in [-0.25, -0.2) is 0 Å². The number of piperidine rings is 1. The van der Waals surface area contributed by atoms with Crippen molar-refractivity contribution in [2.45, 2.75) is 32.8 Å². The third kappa shape index (κ3) is 4.25. The molecule has 1 aromatic carbocycles. The van der Waals surface area contributed by atoms with Crippen molar-refractivity contribution in [3.8, 4) is 5.75 Å². The van der Waals surface area contributed by atoms with Crippen LogP contribution in [0.15, 0.2) is 28.8 Å². The topological polar surface area (TPSA) is 80.5 Å². The van der Waals surface area contributed by atoms with E-state index in [0.29, 0.717) is 28.4 Å². The number of nitrogens with zero attached hydrogens (tertiary/aromatic N) is 3. The summed E-state index contributed by atoms with van der Waals surface area (Å²) in [7, 11) is 0.